The number of nitrogens with one attached hydrogen (secondary N) is 4. The second-order valence-electron chi connectivity index (χ2n) is 17.2. The summed E-state index contributed by atoms with van der Waals surface area (Å²) in [6, 6.07) is 2.76. The summed E-state index contributed by atoms with van der Waals surface area (Å²) in [5.74, 6) is -2.14. The molecule has 0 bridgehead atoms. The summed E-state index contributed by atoms with van der Waals surface area (Å²) in [6.07, 6.45) is -6.69. The van der Waals surface area contributed by atoms with E-state index in [0.29, 0.717) is 11.8 Å². The van der Waals surface area contributed by atoms with Crippen molar-refractivity contribution in [3.8, 4) is 5.75 Å². The fourth-order valence-corrected chi connectivity index (χ4v) is 12.2. The summed E-state index contributed by atoms with van der Waals surface area (Å²) in [7, 11) is -16.5. The lowest BCUT2D eigenvalue weighted by molar-refractivity contribution is -0.137. The molecule has 4 heterocycles. The van der Waals surface area contributed by atoms with E-state index in [-0.39, 0.29) is 53.1 Å². The molecule has 11 atom stereocenters. The monoisotopic (exact) mass is 1120 g/mol. The van der Waals surface area contributed by atoms with Gasteiger partial charge in [0.05, 0.1) is 31.0 Å². The highest BCUT2D eigenvalue weighted by Gasteiger charge is 2.51. The van der Waals surface area contributed by atoms with E-state index in [9.17, 15) is 72.6 Å². The Morgan fingerprint density at radius 3 is 2.35 bits per heavy atom. The van der Waals surface area contributed by atoms with Crippen molar-refractivity contribution in [2.75, 3.05) is 37.8 Å². The molecule has 3 amide bonds. The molecule has 35 heteroatoms. The van der Waals surface area contributed by atoms with Crippen LogP contribution in [0.2, 0.25) is 0 Å². The van der Waals surface area contributed by atoms with Gasteiger partial charge in [-0.05, 0) is 31.5 Å². The van der Waals surface area contributed by atoms with Crippen molar-refractivity contribution in [3.05, 3.63) is 42.5 Å². The molecule has 15 N–H and O–H groups in total. The first-order valence-electron chi connectivity index (χ1n) is 21.2. The van der Waals surface area contributed by atoms with Crippen molar-refractivity contribution < 1.29 is 95.2 Å². The van der Waals surface area contributed by atoms with Gasteiger partial charge in [0.25, 0.3) is 0 Å². The second kappa shape index (κ2) is 24.1. The van der Waals surface area contributed by atoms with Gasteiger partial charge in [0.1, 0.15) is 60.4 Å². The number of nitrogens with two attached hydrogens (primary N) is 2. The number of fused-ring (bicyclic) bond motifs is 1. The van der Waals surface area contributed by atoms with Crippen LogP contribution in [0, 0.1) is 5.41 Å². The Labute approximate surface area is 417 Å². The van der Waals surface area contributed by atoms with Crippen molar-refractivity contribution >= 4 is 93.1 Å². The summed E-state index contributed by atoms with van der Waals surface area (Å²) in [4.78, 5) is 115. The van der Waals surface area contributed by atoms with E-state index in [1.165, 1.54) is 49.9 Å². The average molecular weight is 1120 g/mol. The van der Waals surface area contributed by atoms with Crippen LogP contribution >= 0.6 is 47.0 Å². The van der Waals surface area contributed by atoms with E-state index in [0.717, 1.165) is 29.0 Å². The van der Waals surface area contributed by atoms with E-state index < -0.39 is 119 Å². The van der Waals surface area contributed by atoms with Gasteiger partial charge < -0.3 is 71.8 Å². The number of ether oxygens (including phenoxy) is 1. The van der Waals surface area contributed by atoms with Crippen LogP contribution in [0.1, 0.15) is 51.9 Å². The number of nitrogen functional groups attached to an aromatic ring is 1. The van der Waals surface area contributed by atoms with E-state index in [4.69, 9.17) is 25.3 Å². The number of aliphatic hydroxyl groups is 2. The number of nitrogens with zero attached hydrogens (tertiary/aromatic N) is 4. The number of hydrogen-bond donors (Lipinski definition) is 13. The lowest BCUT2D eigenvalue weighted by Gasteiger charge is -2.30. The topological polar surface area (TPSA) is 468 Å². The van der Waals surface area contributed by atoms with Crippen molar-refractivity contribution in [2.45, 2.75) is 93.0 Å². The zero-order valence-electron chi connectivity index (χ0n) is 38.5. The molecule has 2 saturated heterocycles. The number of thioether (sulfide) groups is 2. The van der Waals surface area contributed by atoms with Crippen LogP contribution < -0.4 is 32.7 Å². The quantitative estimate of drug-likeness (QED) is 0.0263. The Balaban J connectivity index is 1.01. The molecule has 2 aromatic heterocycles. The minimum atomic E-state index is -5.62. The number of aliphatic hydroxyl groups excluding tert-OH is 2. The van der Waals surface area contributed by atoms with Crippen LogP contribution in [0.3, 0.4) is 0 Å². The molecule has 0 spiro atoms. The maximum atomic E-state index is 13.2. The Hall–Kier alpha value is -4.01. The molecule has 2 fully saturated rings. The molecule has 5 rings (SSSR count). The van der Waals surface area contributed by atoms with Crippen LogP contribution in [-0.4, -0.2) is 162 Å². The first-order chi connectivity index (χ1) is 33.4. The molecule has 2 aliphatic rings. The number of benzene rings is 1. The number of phenolic OH excluding ortho intramolecular Hbond substituents is 1. The first-order valence-corrected chi connectivity index (χ1v) is 27.6. The Morgan fingerprint density at radius 1 is 1.03 bits per heavy atom. The van der Waals surface area contributed by atoms with Gasteiger partial charge in [0, 0.05) is 35.4 Å². The molecular weight excluding hydrogens is 1060 g/mol. The third kappa shape index (κ3) is 15.8. The van der Waals surface area contributed by atoms with Crippen LogP contribution in [0.25, 0.3) is 11.2 Å². The lowest BCUT2D eigenvalue weighted by Crippen LogP contribution is -2.52. The number of phenols is 1. The lowest BCUT2D eigenvalue weighted by atomic mass is 9.87. The van der Waals surface area contributed by atoms with Gasteiger partial charge in [0.15, 0.2) is 17.7 Å². The Morgan fingerprint density at radius 2 is 1.69 bits per heavy atom. The zero-order valence-corrected chi connectivity index (χ0v) is 42.8. The van der Waals surface area contributed by atoms with Crippen LogP contribution in [0.5, 0.6) is 5.75 Å². The molecule has 0 radical (unpaired) electrons. The van der Waals surface area contributed by atoms with Gasteiger partial charge in [0.2, 0.25) is 22.8 Å². The van der Waals surface area contributed by atoms with Crippen molar-refractivity contribution in [1.82, 2.24) is 40.8 Å². The van der Waals surface area contributed by atoms with Gasteiger partial charge in [-0.25, -0.2) is 28.6 Å². The standard InChI is InChI=1S/C37H55N10O20P3S2/c1-36(2,15-64-70(61,62)67-69(59,60)63-14-21-26(66-68(56,57)58)25(51)34(65-21)47-17-44-24-29(39)42-16-43-30(24)47)28(52)32(54)41-10-9-22(50)40-11-12-71-35(55)27-37(3,4)72-33(46-27)20(13-48)45-31(53)23(38)18-5-7-19(49)8-6-18/h5-8,13,16-17,20-21,23,25-28,33-34,46,49,51-52H,9-12,14-15,38H2,1-4H3,(H,40,50)(H,41,54)(H,45,53)(H,59,60)(H,61,62)(H2,39,42,43)(H2,56,57,58). The number of carbonyl (C=O) groups is 5. The highest BCUT2D eigenvalue weighted by atomic mass is 32.2. The molecule has 0 saturated carbocycles. The van der Waals surface area contributed by atoms with Crippen LogP contribution in [0.4, 0.5) is 5.82 Å². The van der Waals surface area contributed by atoms with Crippen LogP contribution in [0.15, 0.2) is 36.9 Å². The first kappa shape index (κ1) is 58.9. The maximum Gasteiger partial charge on any atom is 0.481 e. The zero-order chi connectivity index (χ0) is 53.6. The number of aromatic hydroxyl groups is 1. The molecule has 11 unspecified atom stereocenters. The largest absolute Gasteiger partial charge is 0.508 e. The van der Waals surface area contributed by atoms with Crippen molar-refractivity contribution in [3.63, 3.8) is 0 Å². The summed E-state index contributed by atoms with van der Waals surface area (Å²) in [5, 5.41) is 40.8. The van der Waals surface area contributed by atoms with Crippen molar-refractivity contribution in [1.29, 1.82) is 0 Å². The number of aromatic nitrogens is 4. The number of phosphoric ester groups is 3. The van der Waals surface area contributed by atoms with Crippen LogP contribution in [-0.2, 0) is 60.3 Å². The molecule has 400 valence electrons. The van der Waals surface area contributed by atoms with E-state index in [1.54, 1.807) is 13.8 Å². The second-order valence-corrected chi connectivity index (χ2v) is 24.3. The number of aldehydes is 1. The minimum Gasteiger partial charge on any atom is -0.508 e. The molecule has 1 aromatic carbocycles. The normalized spacial score (nSPS) is 24.1. The van der Waals surface area contributed by atoms with Gasteiger partial charge >= 0.3 is 23.5 Å². The molecule has 30 nitrogen and oxygen atoms in total. The summed E-state index contributed by atoms with van der Waals surface area (Å²) >= 11 is 2.19. The maximum absolute atomic E-state index is 13.2. The van der Waals surface area contributed by atoms with E-state index in [1.807, 2.05) is 0 Å². The Bertz CT molecular complexity index is 2590. The molecule has 0 aliphatic carbocycles. The third-order valence-corrected chi connectivity index (χ3v) is 16.3. The molecule has 3 aromatic rings. The van der Waals surface area contributed by atoms with E-state index >= 15 is 0 Å². The highest BCUT2D eigenvalue weighted by Crippen LogP contribution is 2.61. The smallest absolute Gasteiger partial charge is 0.481 e. The Kier molecular flexibility index (Phi) is 19.7. The minimum absolute atomic E-state index is 0.0118. The summed E-state index contributed by atoms with van der Waals surface area (Å²) < 4.78 is 61.8. The van der Waals surface area contributed by atoms with E-state index in [2.05, 4.69) is 45.1 Å². The summed E-state index contributed by atoms with van der Waals surface area (Å²) in [5.41, 5.74) is 10.6. The van der Waals surface area contributed by atoms with Gasteiger partial charge in [-0.1, -0.05) is 37.7 Å². The van der Waals surface area contributed by atoms with Crippen molar-refractivity contribution in [2.24, 2.45) is 11.1 Å². The number of hydrogen-bond acceptors (Lipinski definition) is 24. The highest BCUT2D eigenvalue weighted by molar-refractivity contribution is 8.14. The average Bonchev–Trinajstić information content (AvgIpc) is 3.96. The summed E-state index contributed by atoms with van der Waals surface area (Å²) in [6.45, 7) is 3.68. The van der Waals surface area contributed by atoms with Gasteiger partial charge in [-0.3, -0.25) is 42.6 Å². The van der Waals surface area contributed by atoms with Gasteiger partial charge in [-0.15, -0.1) is 11.8 Å². The number of imidazole rings is 1. The number of rotatable bonds is 25. The predicted octanol–water partition coefficient (Wildman–Crippen LogP) is -1.44. The number of phosphoric acid groups is 3. The number of amides is 3. The third-order valence-electron chi connectivity index (χ3n) is 10.8. The van der Waals surface area contributed by atoms with Gasteiger partial charge in [-0.2, -0.15) is 4.31 Å². The SMILES string of the molecule is CC(C)(COP(=O)(O)OP(=O)(O)OCC1OC(n2cnc3c(N)ncnc32)C(O)C1OP(=O)(O)O)C(O)C(=O)NCCC(=O)NCCSC(=O)C1NC(C(C=O)NC(=O)C(N)c2ccc(O)cc2)SC1(C)C. The number of anilines is 1. The fraction of sp³-hybridized carbons (Fsp3) is 0.568. The predicted molar refractivity (Wildman–Crippen MR) is 253 cm³/mol. The molecular formula is C37H55N10O20P3S2. The molecule has 2 aliphatic heterocycles. The number of carbonyl (C=O) groups excluding carboxylic acids is 5. The molecule has 72 heavy (non-hydrogen) atoms. The fourth-order valence-electron chi connectivity index (χ4n) is 6.96.